The first-order valence-corrected chi connectivity index (χ1v) is 13.7. The van der Waals surface area contributed by atoms with Gasteiger partial charge in [0.25, 0.3) is 15.9 Å². The number of nitrogens with one attached hydrogen (secondary N) is 1. The average molecular weight is 560 g/mol. The fraction of sp³-hybridized carbons (Fsp3) is 0.259. The van der Waals surface area contributed by atoms with Crippen molar-refractivity contribution in [3.8, 4) is 17.2 Å². The van der Waals surface area contributed by atoms with Gasteiger partial charge in [-0.2, -0.15) is 5.10 Å². The number of benzene rings is 3. The van der Waals surface area contributed by atoms with Gasteiger partial charge in [0.05, 0.1) is 42.1 Å². The maximum Gasteiger partial charge on any atom is 0.264 e. The van der Waals surface area contributed by atoms with Crippen molar-refractivity contribution < 1.29 is 27.4 Å². The molecule has 0 atom stereocenters. The van der Waals surface area contributed by atoms with Crippen LogP contribution in [0, 0.1) is 0 Å². The zero-order valence-corrected chi connectivity index (χ0v) is 23.0. The minimum absolute atomic E-state index is 0.0251. The first-order valence-electron chi connectivity index (χ1n) is 11.9. The summed E-state index contributed by atoms with van der Waals surface area (Å²) in [5.74, 6) is 0.905. The van der Waals surface area contributed by atoms with Crippen LogP contribution in [0.3, 0.4) is 0 Å². The van der Waals surface area contributed by atoms with E-state index in [1.807, 2.05) is 13.8 Å². The van der Waals surface area contributed by atoms with Crippen LogP contribution in [0.25, 0.3) is 0 Å². The van der Waals surface area contributed by atoms with Gasteiger partial charge in [-0.15, -0.1) is 0 Å². The number of carbonyl (C=O) groups is 1. The molecule has 1 amide bonds. The molecule has 0 saturated carbocycles. The van der Waals surface area contributed by atoms with Crippen LogP contribution in [0.5, 0.6) is 17.2 Å². The van der Waals surface area contributed by atoms with Gasteiger partial charge < -0.3 is 14.2 Å². The molecule has 0 aliphatic rings. The standard InChI is InChI=1S/C27H30ClN3O6S/c1-4-15-37-25-13-11-20(16-26(25)36-5-2)18-29-30-27(32)19-31(21-12-14-24(35-3)23(28)17-21)38(33,34)22-9-7-6-8-10-22/h6-14,16-18H,4-5,15,19H2,1-3H3,(H,30,32)/b29-18-. The highest BCUT2D eigenvalue weighted by molar-refractivity contribution is 7.92. The topological polar surface area (TPSA) is 107 Å². The molecule has 0 fully saturated rings. The molecule has 3 rings (SSSR count). The minimum Gasteiger partial charge on any atom is -0.495 e. The van der Waals surface area contributed by atoms with Crippen molar-refractivity contribution >= 4 is 39.4 Å². The number of carbonyl (C=O) groups excluding carboxylic acids is 1. The normalized spacial score (nSPS) is 11.3. The van der Waals surface area contributed by atoms with Crippen LogP contribution < -0.4 is 23.9 Å². The lowest BCUT2D eigenvalue weighted by atomic mass is 10.2. The van der Waals surface area contributed by atoms with Gasteiger partial charge >= 0.3 is 0 Å². The molecular formula is C27H30ClN3O6S. The van der Waals surface area contributed by atoms with Crippen molar-refractivity contribution in [2.24, 2.45) is 5.10 Å². The number of rotatable bonds is 13. The van der Waals surface area contributed by atoms with Crippen LogP contribution in [0.2, 0.25) is 5.02 Å². The summed E-state index contributed by atoms with van der Waals surface area (Å²) in [7, 11) is -2.64. The summed E-state index contributed by atoms with van der Waals surface area (Å²) in [5, 5.41) is 4.19. The van der Waals surface area contributed by atoms with Crippen LogP contribution in [0.4, 0.5) is 5.69 Å². The molecule has 0 saturated heterocycles. The SMILES string of the molecule is CCCOc1ccc(/C=N\NC(=O)CN(c2ccc(OC)c(Cl)c2)S(=O)(=O)c2ccccc2)cc1OCC. The Morgan fingerprint density at radius 2 is 1.74 bits per heavy atom. The smallest absolute Gasteiger partial charge is 0.264 e. The van der Waals surface area contributed by atoms with E-state index in [4.69, 9.17) is 25.8 Å². The van der Waals surface area contributed by atoms with Crippen molar-refractivity contribution in [2.45, 2.75) is 25.2 Å². The number of sulfonamides is 1. The molecule has 0 aliphatic carbocycles. The highest BCUT2D eigenvalue weighted by Gasteiger charge is 2.27. The van der Waals surface area contributed by atoms with E-state index in [0.717, 1.165) is 10.7 Å². The third-order valence-electron chi connectivity index (χ3n) is 5.17. The highest BCUT2D eigenvalue weighted by Crippen LogP contribution is 2.32. The Balaban J connectivity index is 1.81. The van der Waals surface area contributed by atoms with Crippen LogP contribution in [-0.2, 0) is 14.8 Å². The van der Waals surface area contributed by atoms with Crippen molar-refractivity contribution in [3.05, 3.63) is 77.3 Å². The molecule has 9 nitrogen and oxygen atoms in total. The molecule has 0 spiro atoms. The van der Waals surface area contributed by atoms with E-state index in [1.54, 1.807) is 36.4 Å². The average Bonchev–Trinajstić information content (AvgIpc) is 2.92. The van der Waals surface area contributed by atoms with Crippen molar-refractivity contribution in [1.82, 2.24) is 5.43 Å². The molecule has 3 aromatic rings. The van der Waals surface area contributed by atoms with Crippen LogP contribution in [-0.4, -0.2) is 47.4 Å². The summed E-state index contributed by atoms with van der Waals surface area (Å²) in [4.78, 5) is 12.8. The Bertz CT molecular complexity index is 1370. The molecule has 0 aromatic heterocycles. The summed E-state index contributed by atoms with van der Waals surface area (Å²) in [6.45, 7) is 4.37. The second-order valence-corrected chi connectivity index (χ2v) is 10.2. The van der Waals surface area contributed by atoms with Gasteiger partial charge in [0, 0.05) is 0 Å². The highest BCUT2D eigenvalue weighted by atomic mass is 35.5. The van der Waals surface area contributed by atoms with Gasteiger partial charge in [-0.05, 0) is 67.4 Å². The molecule has 0 unspecified atom stereocenters. The van der Waals surface area contributed by atoms with Gasteiger partial charge in [-0.25, -0.2) is 13.8 Å². The van der Waals surface area contributed by atoms with E-state index in [9.17, 15) is 13.2 Å². The fourth-order valence-electron chi connectivity index (χ4n) is 3.39. The number of ether oxygens (including phenoxy) is 3. The van der Waals surface area contributed by atoms with Gasteiger partial charge in [0.15, 0.2) is 11.5 Å². The number of methoxy groups -OCH3 is 1. The Labute approximate surface area is 228 Å². The molecule has 38 heavy (non-hydrogen) atoms. The molecule has 3 aromatic carbocycles. The van der Waals surface area contributed by atoms with Gasteiger partial charge in [-0.1, -0.05) is 36.7 Å². The van der Waals surface area contributed by atoms with E-state index in [0.29, 0.717) is 36.0 Å². The minimum atomic E-state index is -4.10. The fourth-order valence-corrected chi connectivity index (χ4v) is 5.08. The van der Waals surface area contributed by atoms with Crippen molar-refractivity contribution in [2.75, 3.05) is 31.2 Å². The molecule has 1 N–H and O–H groups in total. The number of hydrazone groups is 1. The second kappa shape index (κ2) is 13.7. The van der Waals surface area contributed by atoms with Crippen LogP contribution in [0.1, 0.15) is 25.8 Å². The third kappa shape index (κ3) is 7.39. The summed E-state index contributed by atoms with van der Waals surface area (Å²) in [6.07, 6.45) is 2.30. The number of anilines is 1. The first kappa shape index (κ1) is 28.8. The largest absolute Gasteiger partial charge is 0.495 e. The van der Waals surface area contributed by atoms with E-state index in [-0.39, 0.29) is 15.6 Å². The molecule has 202 valence electrons. The maximum atomic E-state index is 13.4. The van der Waals surface area contributed by atoms with E-state index in [1.165, 1.54) is 43.7 Å². The Hall–Kier alpha value is -3.76. The van der Waals surface area contributed by atoms with Gasteiger partial charge in [-0.3, -0.25) is 9.10 Å². The molecule has 0 bridgehead atoms. The Morgan fingerprint density at radius 1 is 1.00 bits per heavy atom. The molecule has 0 heterocycles. The Kier molecular flexibility index (Phi) is 10.4. The van der Waals surface area contributed by atoms with Gasteiger partial charge in [0.1, 0.15) is 12.3 Å². The molecule has 0 aliphatic heterocycles. The van der Waals surface area contributed by atoms with Crippen LogP contribution >= 0.6 is 11.6 Å². The van der Waals surface area contributed by atoms with Gasteiger partial charge in [0.2, 0.25) is 0 Å². The number of hydrogen-bond donors (Lipinski definition) is 1. The van der Waals surface area contributed by atoms with E-state index < -0.39 is 22.5 Å². The predicted molar refractivity (Wildman–Crippen MR) is 148 cm³/mol. The molecule has 0 radical (unpaired) electrons. The van der Waals surface area contributed by atoms with Crippen LogP contribution in [0.15, 0.2) is 76.7 Å². The lowest BCUT2D eigenvalue weighted by Gasteiger charge is -2.24. The lowest BCUT2D eigenvalue weighted by Crippen LogP contribution is -2.39. The molecular weight excluding hydrogens is 530 g/mol. The zero-order valence-electron chi connectivity index (χ0n) is 21.4. The quantitative estimate of drug-likeness (QED) is 0.236. The van der Waals surface area contributed by atoms with Crippen molar-refractivity contribution in [3.63, 3.8) is 0 Å². The number of halogens is 1. The predicted octanol–water partition coefficient (Wildman–Crippen LogP) is 4.88. The summed E-state index contributed by atoms with van der Waals surface area (Å²) in [6, 6.07) is 17.6. The number of amides is 1. The lowest BCUT2D eigenvalue weighted by molar-refractivity contribution is -0.119. The van der Waals surface area contributed by atoms with Crippen molar-refractivity contribution in [1.29, 1.82) is 0 Å². The monoisotopic (exact) mass is 559 g/mol. The zero-order chi connectivity index (χ0) is 27.5. The number of nitrogens with zero attached hydrogens (tertiary/aromatic N) is 2. The number of hydrogen-bond acceptors (Lipinski definition) is 7. The summed E-state index contributed by atoms with van der Waals surface area (Å²) >= 11 is 6.24. The maximum absolute atomic E-state index is 13.4. The summed E-state index contributed by atoms with van der Waals surface area (Å²) < 4.78 is 44.3. The summed E-state index contributed by atoms with van der Waals surface area (Å²) in [5.41, 5.74) is 3.24. The molecule has 11 heteroatoms. The van der Waals surface area contributed by atoms with E-state index >= 15 is 0 Å². The Morgan fingerprint density at radius 3 is 2.39 bits per heavy atom. The second-order valence-electron chi connectivity index (χ2n) is 7.92. The van der Waals surface area contributed by atoms with E-state index in [2.05, 4.69) is 10.5 Å². The third-order valence-corrected chi connectivity index (χ3v) is 7.26. The first-order chi connectivity index (χ1) is 18.3.